The van der Waals surface area contributed by atoms with Crippen molar-refractivity contribution in [2.24, 2.45) is 0 Å². The van der Waals surface area contributed by atoms with E-state index in [1.165, 1.54) is 0 Å². The van der Waals surface area contributed by atoms with Crippen molar-refractivity contribution in [3.8, 4) is 0 Å². The van der Waals surface area contributed by atoms with Gasteiger partial charge in [-0.2, -0.15) is 13.2 Å². The Bertz CT molecular complexity index is 310. The van der Waals surface area contributed by atoms with Crippen LogP contribution in [0.25, 0.3) is 0 Å². The maximum Gasteiger partial charge on any atom is 0.420 e. The number of pyridine rings is 1. The molecule has 72 valence electrons. The van der Waals surface area contributed by atoms with Gasteiger partial charge in [0.25, 0.3) is 0 Å². The Morgan fingerprint density at radius 1 is 1.38 bits per heavy atom. The minimum absolute atomic E-state index is 0.224. The largest absolute Gasteiger partial charge is 0.420 e. The summed E-state index contributed by atoms with van der Waals surface area (Å²) in [6.07, 6.45) is -4.19. The summed E-state index contributed by atoms with van der Waals surface area (Å²) in [7, 11) is 0. The normalized spacial score (nSPS) is 11.8. The van der Waals surface area contributed by atoms with E-state index in [0.717, 1.165) is 6.07 Å². The average Bonchev–Trinajstić information content (AvgIpc) is 2.01. The van der Waals surface area contributed by atoms with Gasteiger partial charge in [0, 0.05) is 11.5 Å². The van der Waals surface area contributed by atoms with E-state index >= 15 is 0 Å². The van der Waals surface area contributed by atoms with Gasteiger partial charge < -0.3 is 0 Å². The third-order valence-corrected chi connectivity index (χ3v) is 1.93. The van der Waals surface area contributed by atoms with Crippen molar-refractivity contribution >= 4 is 15.9 Å². The van der Waals surface area contributed by atoms with E-state index in [-0.39, 0.29) is 11.0 Å². The molecule has 0 unspecified atom stereocenters. The summed E-state index contributed by atoms with van der Waals surface area (Å²) >= 11 is 2.96. The zero-order valence-electron chi connectivity index (χ0n) is 6.20. The third kappa shape index (κ3) is 2.40. The number of alkyl halides is 4. The first-order valence-corrected chi connectivity index (χ1v) is 4.35. The van der Waals surface area contributed by atoms with E-state index in [1.807, 2.05) is 0 Å². The molecule has 0 spiro atoms. The van der Waals surface area contributed by atoms with Crippen molar-refractivity contribution in [2.45, 2.75) is 11.5 Å². The Labute approximate surface area is 79.9 Å². The predicted octanol–water partition coefficient (Wildman–Crippen LogP) is 3.13. The van der Waals surface area contributed by atoms with Crippen LogP contribution in [0.4, 0.5) is 17.6 Å². The fourth-order valence-electron chi connectivity index (χ4n) is 0.752. The van der Waals surface area contributed by atoms with Crippen molar-refractivity contribution < 1.29 is 17.6 Å². The Balaban J connectivity index is 3.13. The van der Waals surface area contributed by atoms with Crippen LogP contribution in [0.5, 0.6) is 0 Å². The van der Waals surface area contributed by atoms with Crippen LogP contribution in [-0.2, 0) is 11.5 Å². The Morgan fingerprint density at radius 3 is 2.38 bits per heavy atom. The molecule has 0 aliphatic carbocycles. The van der Waals surface area contributed by atoms with Crippen LogP contribution >= 0.6 is 15.9 Å². The Kier molecular flexibility index (Phi) is 2.90. The molecule has 0 aliphatic heterocycles. The Morgan fingerprint density at radius 2 is 2.00 bits per heavy atom. The predicted molar refractivity (Wildman–Crippen MR) is 41.8 cm³/mol. The van der Waals surface area contributed by atoms with Crippen LogP contribution in [0.1, 0.15) is 11.3 Å². The van der Waals surface area contributed by atoms with E-state index in [2.05, 4.69) is 20.9 Å². The first-order chi connectivity index (χ1) is 5.95. The second kappa shape index (κ2) is 3.61. The zero-order chi connectivity index (χ0) is 10.1. The highest BCUT2D eigenvalue weighted by atomic mass is 79.9. The van der Waals surface area contributed by atoms with Crippen molar-refractivity contribution in [1.29, 1.82) is 0 Å². The van der Waals surface area contributed by atoms with Crippen molar-refractivity contribution in [1.82, 2.24) is 4.98 Å². The summed E-state index contributed by atoms with van der Waals surface area (Å²) in [6.45, 7) is 0. The highest BCUT2D eigenvalue weighted by Gasteiger charge is 2.34. The van der Waals surface area contributed by atoms with Gasteiger partial charge in [-0.15, -0.1) is 0 Å². The van der Waals surface area contributed by atoms with Gasteiger partial charge in [-0.25, -0.2) is 4.39 Å². The molecule has 0 fully saturated rings. The number of rotatable bonds is 1. The SMILES string of the molecule is Fc1cc(CBr)ncc1C(F)(F)F. The molecular weight excluding hydrogens is 254 g/mol. The minimum Gasteiger partial charge on any atom is -0.260 e. The van der Waals surface area contributed by atoms with Crippen LogP contribution in [-0.4, -0.2) is 4.98 Å². The summed E-state index contributed by atoms with van der Waals surface area (Å²) in [6, 6.07) is 0.761. The van der Waals surface area contributed by atoms with Gasteiger partial charge in [0.1, 0.15) is 11.4 Å². The quantitative estimate of drug-likeness (QED) is 0.557. The molecule has 0 aliphatic rings. The first-order valence-electron chi connectivity index (χ1n) is 3.22. The highest BCUT2D eigenvalue weighted by Crippen LogP contribution is 2.30. The van der Waals surface area contributed by atoms with E-state index in [1.54, 1.807) is 0 Å². The summed E-state index contributed by atoms with van der Waals surface area (Å²) in [5.41, 5.74) is -1.11. The smallest absolute Gasteiger partial charge is 0.260 e. The third-order valence-electron chi connectivity index (χ3n) is 1.35. The molecule has 0 saturated heterocycles. The van der Waals surface area contributed by atoms with Gasteiger partial charge in [-0.1, -0.05) is 15.9 Å². The molecule has 1 aromatic heterocycles. The number of hydrogen-bond donors (Lipinski definition) is 0. The van der Waals surface area contributed by atoms with Crippen LogP contribution in [0.15, 0.2) is 12.3 Å². The van der Waals surface area contributed by atoms with Gasteiger partial charge in [0.05, 0.1) is 5.69 Å². The van der Waals surface area contributed by atoms with Crippen molar-refractivity contribution in [2.75, 3.05) is 0 Å². The summed E-state index contributed by atoms with van der Waals surface area (Å²) < 4.78 is 48.7. The van der Waals surface area contributed by atoms with E-state index in [4.69, 9.17) is 0 Å². The lowest BCUT2D eigenvalue weighted by Crippen LogP contribution is -2.09. The van der Waals surface area contributed by atoms with Crippen LogP contribution < -0.4 is 0 Å². The maximum absolute atomic E-state index is 12.8. The van der Waals surface area contributed by atoms with Crippen LogP contribution in [0, 0.1) is 5.82 Å². The molecule has 1 aromatic rings. The van der Waals surface area contributed by atoms with Crippen molar-refractivity contribution in [3.63, 3.8) is 0 Å². The monoisotopic (exact) mass is 257 g/mol. The topological polar surface area (TPSA) is 12.9 Å². The Hall–Kier alpha value is -0.650. The second-order valence-corrected chi connectivity index (χ2v) is 2.85. The van der Waals surface area contributed by atoms with Crippen molar-refractivity contribution in [3.05, 3.63) is 29.3 Å². The molecule has 1 rings (SSSR count). The van der Waals surface area contributed by atoms with Gasteiger partial charge in [-0.3, -0.25) is 4.98 Å². The standard InChI is InChI=1S/C7H4BrF4N/c8-2-4-1-6(9)5(3-13-4)7(10,11)12/h1,3H,2H2. The van der Waals surface area contributed by atoms with Crippen LogP contribution in [0.2, 0.25) is 0 Å². The second-order valence-electron chi connectivity index (χ2n) is 2.29. The zero-order valence-corrected chi connectivity index (χ0v) is 7.78. The van der Waals surface area contributed by atoms with Crippen LogP contribution in [0.3, 0.4) is 0 Å². The number of aromatic nitrogens is 1. The molecule has 0 N–H and O–H groups in total. The molecule has 0 atom stereocenters. The average molecular weight is 258 g/mol. The van der Waals surface area contributed by atoms with Gasteiger partial charge in [0.15, 0.2) is 0 Å². The lowest BCUT2D eigenvalue weighted by molar-refractivity contribution is -0.140. The fraction of sp³-hybridized carbons (Fsp3) is 0.286. The molecule has 1 heterocycles. The molecular formula is C7H4BrF4N. The number of nitrogens with zero attached hydrogens (tertiary/aromatic N) is 1. The lowest BCUT2D eigenvalue weighted by atomic mass is 10.2. The first kappa shape index (κ1) is 10.4. The molecule has 0 amide bonds. The minimum atomic E-state index is -4.68. The van der Waals surface area contributed by atoms with Gasteiger partial charge in [-0.05, 0) is 6.07 Å². The molecule has 0 bridgehead atoms. The van der Waals surface area contributed by atoms with Gasteiger partial charge >= 0.3 is 6.18 Å². The summed E-state index contributed by atoms with van der Waals surface area (Å²) in [5.74, 6) is -1.29. The lowest BCUT2D eigenvalue weighted by Gasteiger charge is -2.07. The molecule has 0 aromatic carbocycles. The molecule has 0 radical (unpaired) electrons. The fourth-order valence-corrected chi connectivity index (χ4v) is 1.06. The summed E-state index contributed by atoms with van der Waals surface area (Å²) in [5, 5.41) is 0.224. The molecule has 0 saturated carbocycles. The molecule has 13 heavy (non-hydrogen) atoms. The van der Waals surface area contributed by atoms with E-state index in [9.17, 15) is 17.6 Å². The van der Waals surface area contributed by atoms with E-state index < -0.39 is 17.6 Å². The van der Waals surface area contributed by atoms with E-state index in [0.29, 0.717) is 6.20 Å². The highest BCUT2D eigenvalue weighted by molar-refractivity contribution is 9.08. The van der Waals surface area contributed by atoms with Gasteiger partial charge in [0.2, 0.25) is 0 Å². The number of hydrogen-bond acceptors (Lipinski definition) is 1. The maximum atomic E-state index is 12.8. The molecule has 1 nitrogen and oxygen atoms in total. The summed E-state index contributed by atoms with van der Waals surface area (Å²) in [4.78, 5) is 3.42. The number of halogens is 5. The molecule has 6 heteroatoms.